The van der Waals surface area contributed by atoms with Crippen LogP contribution in [0.25, 0.3) is 11.1 Å². The van der Waals surface area contributed by atoms with Crippen molar-refractivity contribution in [3.05, 3.63) is 29.1 Å². The first kappa shape index (κ1) is 12.0. The van der Waals surface area contributed by atoms with Gasteiger partial charge in [-0.1, -0.05) is 0 Å². The topological polar surface area (TPSA) is 73.2 Å². The van der Waals surface area contributed by atoms with Crippen LogP contribution in [-0.2, 0) is 6.42 Å². The van der Waals surface area contributed by atoms with Crippen LogP contribution >= 0.6 is 0 Å². The van der Waals surface area contributed by atoms with E-state index in [0.717, 1.165) is 46.0 Å². The maximum Gasteiger partial charge on any atom is 0.231 e. The highest BCUT2D eigenvalue weighted by Gasteiger charge is 2.20. The second kappa shape index (κ2) is 4.59. The zero-order chi connectivity index (χ0) is 13.4. The van der Waals surface area contributed by atoms with Crippen molar-refractivity contribution in [2.75, 3.05) is 13.3 Å². The van der Waals surface area contributed by atoms with E-state index in [0.29, 0.717) is 6.54 Å². The van der Waals surface area contributed by atoms with Crippen LogP contribution in [0.1, 0.15) is 17.0 Å². The maximum absolute atomic E-state index is 5.65. The Labute approximate surface area is 111 Å². The molecular weight excluding hydrogens is 242 g/mol. The summed E-state index contributed by atoms with van der Waals surface area (Å²) in [5.41, 5.74) is 11.1. The SMILES string of the molecule is Cc1cc2c(cc1-c1c(CCN)n[nH]c1C)OCO2. The number of fused-ring (bicyclic) bond motifs is 1. The average molecular weight is 259 g/mol. The third-order valence-electron chi connectivity index (χ3n) is 3.39. The number of aromatic amines is 1. The summed E-state index contributed by atoms with van der Waals surface area (Å²) >= 11 is 0. The van der Waals surface area contributed by atoms with Crippen molar-refractivity contribution in [2.24, 2.45) is 5.73 Å². The van der Waals surface area contributed by atoms with Gasteiger partial charge in [0.25, 0.3) is 0 Å². The molecule has 5 nitrogen and oxygen atoms in total. The van der Waals surface area contributed by atoms with Gasteiger partial charge < -0.3 is 15.2 Å². The van der Waals surface area contributed by atoms with Crippen molar-refractivity contribution in [3.63, 3.8) is 0 Å². The lowest BCUT2D eigenvalue weighted by atomic mass is 9.97. The fraction of sp³-hybridized carbons (Fsp3) is 0.357. The van der Waals surface area contributed by atoms with E-state index in [1.807, 2.05) is 19.1 Å². The molecule has 0 unspecified atom stereocenters. The molecule has 1 aliphatic rings. The molecule has 0 bridgehead atoms. The van der Waals surface area contributed by atoms with Crippen molar-refractivity contribution in [1.29, 1.82) is 0 Å². The van der Waals surface area contributed by atoms with Gasteiger partial charge in [-0.15, -0.1) is 0 Å². The van der Waals surface area contributed by atoms with Crippen LogP contribution in [0.3, 0.4) is 0 Å². The third kappa shape index (κ3) is 1.96. The molecule has 3 rings (SSSR count). The van der Waals surface area contributed by atoms with Crippen molar-refractivity contribution >= 4 is 0 Å². The molecule has 1 aliphatic heterocycles. The number of H-pyrrole nitrogens is 1. The summed E-state index contributed by atoms with van der Waals surface area (Å²) in [6.07, 6.45) is 0.757. The van der Waals surface area contributed by atoms with Gasteiger partial charge in [0.2, 0.25) is 6.79 Å². The van der Waals surface area contributed by atoms with Crippen LogP contribution in [0.4, 0.5) is 0 Å². The first-order valence-electron chi connectivity index (χ1n) is 6.35. The molecule has 0 amide bonds. The van der Waals surface area contributed by atoms with Crippen molar-refractivity contribution in [1.82, 2.24) is 10.2 Å². The number of nitrogens with two attached hydrogens (primary N) is 1. The predicted molar refractivity (Wildman–Crippen MR) is 72.4 cm³/mol. The molecule has 1 aromatic carbocycles. The largest absolute Gasteiger partial charge is 0.454 e. The molecule has 100 valence electrons. The molecule has 1 aromatic heterocycles. The van der Waals surface area contributed by atoms with Crippen LogP contribution in [0.15, 0.2) is 12.1 Å². The molecule has 0 saturated heterocycles. The summed E-state index contributed by atoms with van der Waals surface area (Å²) in [5, 5.41) is 7.38. The van der Waals surface area contributed by atoms with Gasteiger partial charge in [0.1, 0.15) is 0 Å². The van der Waals surface area contributed by atoms with Crippen LogP contribution in [0.2, 0.25) is 0 Å². The molecule has 0 aliphatic carbocycles. The molecule has 0 fully saturated rings. The van der Waals surface area contributed by atoms with E-state index in [1.54, 1.807) is 0 Å². The van der Waals surface area contributed by atoms with Crippen LogP contribution in [0.5, 0.6) is 11.5 Å². The first-order valence-corrected chi connectivity index (χ1v) is 6.35. The number of nitrogens with one attached hydrogen (secondary N) is 1. The highest BCUT2D eigenvalue weighted by molar-refractivity contribution is 5.74. The molecule has 0 saturated carbocycles. The quantitative estimate of drug-likeness (QED) is 0.883. The Morgan fingerprint density at radius 1 is 1.26 bits per heavy atom. The van der Waals surface area contributed by atoms with E-state index in [2.05, 4.69) is 17.1 Å². The van der Waals surface area contributed by atoms with Gasteiger partial charge in [-0.05, 0) is 43.7 Å². The number of hydrogen-bond donors (Lipinski definition) is 2. The number of ether oxygens (including phenoxy) is 2. The maximum atomic E-state index is 5.65. The minimum absolute atomic E-state index is 0.290. The Balaban J connectivity index is 2.14. The van der Waals surface area contributed by atoms with Gasteiger partial charge in [-0.3, -0.25) is 5.10 Å². The molecule has 3 N–H and O–H groups in total. The fourth-order valence-electron chi connectivity index (χ4n) is 2.47. The van der Waals surface area contributed by atoms with E-state index in [9.17, 15) is 0 Å². The van der Waals surface area contributed by atoms with Gasteiger partial charge in [0.15, 0.2) is 11.5 Å². The average Bonchev–Trinajstić information content (AvgIpc) is 2.96. The summed E-state index contributed by atoms with van der Waals surface area (Å²) in [6.45, 7) is 4.96. The van der Waals surface area contributed by atoms with Crippen molar-refractivity contribution in [2.45, 2.75) is 20.3 Å². The Morgan fingerprint density at radius 2 is 2.00 bits per heavy atom. The van der Waals surface area contributed by atoms with Gasteiger partial charge >= 0.3 is 0 Å². The van der Waals surface area contributed by atoms with Gasteiger partial charge in [0.05, 0.1) is 5.69 Å². The highest BCUT2D eigenvalue weighted by Crippen LogP contribution is 2.39. The summed E-state index contributed by atoms with van der Waals surface area (Å²) in [4.78, 5) is 0. The van der Waals surface area contributed by atoms with Gasteiger partial charge in [-0.25, -0.2) is 0 Å². The summed E-state index contributed by atoms with van der Waals surface area (Å²) in [7, 11) is 0. The van der Waals surface area contributed by atoms with Gasteiger partial charge in [-0.2, -0.15) is 5.10 Å². The normalized spacial score (nSPS) is 13.0. The second-order valence-corrected chi connectivity index (χ2v) is 4.73. The highest BCUT2D eigenvalue weighted by atomic mass is 16.7. The molecular formula is C14H17N3O2. The third-order valence-corrected chi connectivity index (χ3v) is 3.39. The molecule has 2 aromatic rings. The van der Waals surface area contributed by atoms with E-state index in [-0.39, 0.29) is 6.79 Å². The summed E-state index contributed by atoms with van der Waals surface area (Å²) in [6, 6.07) is 4.03. The molecule has 0 atom stereocenters. The van der Waals surface area contributed by atoms with Crippen LogP contribution in [-0.4, -0.2) is 23.5 Å². The number of benzene rings is 1. The number of aryl methyl sites for hydroxylation is 2. The molecule has 2 heterocycles. The lowest BCUT2D eigenvalue weighted by Gasteiger charge is -2.09. The molecule has 5 heteroatoms. The minimum Gasteiger partial charge on any atom is -0.454 e. The monoisotopic (exact) mass is 259 g/mol. The van der Waals surface area contributed by atoms with Crippen molar-refractivity contribution < 1.29 is 9.47 Å². The fourth-order valence-corrected chi connectivity index (χ4v) is 2.47. The number of rotatable bonds is 3. The number of nitrogens with zero attached hydrogens (tertiary/aromatic N) is 1. The molecule has 0 spiro atoms. The lowest BCUT2D eigenvalue weighted by Crippen LogP contribution is -2.04. The predicted octanol–water partition coefficient (Wildman–Crippen LogP) is 1.92. The molecule has 19 heavy (non-hydrogen) atoms. The van der Waals surface area contributed by atoms with Crippen molar-refractivity contribution in [3.8, 4) is 22.6 Å². The number of aromatic nitrogens is 2. The Hall–Kier alpha value is -2.01. The van der Waals surface area contributed by atoms with E-state index in [1.165, 1.54) is 0 Å². The van der Waals surface area contributed by atoms with E-state index >= 15 is 0 Å². The molecule has 0 radical (unpaired) electrons. The van der Waals surface area contributed by atoms with Crippen LogP contribution in [0, 0.1) is 13.8 Å². The second-order valence-electron chi connectivity index (χ2n) is 4.73. The first-order chi connectivity index (χ1) is 9.20. The smallest absolute Gasteiger partial charge is 0.231 e. The summed E-state index contributed by atoms with van der Waals surface area (Å²) < 4.78 is 10.8. The standard InChI is InChI=1S/C14H17N3O2/c1-8-5-12-13(19-7-18-12)6-10(8)14-9(2)16-17-11(14)3-4-15/h5-6H,3-4,7,15H2,1-2H3,(H,16,17). The number of hydrogen-bond acceptors (Lipinski definition) is 4. The Morgan fingerprint density at radius 3 is 2.74 bits per heavy atom. The van der Waals surface area contributed by atoms with E-state index in [4.69, 9.17) is 15.2 Å². The van der Waals surface area contributed by atoms with E-state index < -0.39 is 0 Å². The lowest BCUT2D eigenvalue weighted by molar-refractivity contribution is 0.174. The summed E-state index contributed by atoms with van der Waals surface area (Å²) in [5.74, 6) is 1.60. The van der Waals surface area contributed by atoms with Crippen LogP contribution < -0.4 is 15.2 Å². The zero-order valence-corrected chi connectivity index (χ0v) is 11.1. The Kier molecular flexibility index (Phi) is 2.91. The minimum atomic E-state index is 0.290. The Bertz CT molecular complexity index is 619. The van der Waals surface area contributed by atoms with Gasteiger partial charge in [0, 0.05) is 17.7 Å². The zero-order valence-electron chi connectivity index (χ0n) is 11.1.